The predicted molar refractivity (Wildman–Crippen MR) is 127 cm³/mol. The van der Waals surface area contributed by atoms with Gasteiger partial charge in [0, 0.05) is 53.0 Å². The van der Waals surface area contributed by atoms with Crippen LogP contribution in [0.1, 0.15) is 42.1 Å². The molecule has 0 unspecified atom stereocenters. The molecule has 2 fully saturated rings. The highest BCUT2D eigenvalue weighted by Gasteiger charge is 2.64. The van der Waals surface area contributed by atoms with Crippen molar-refractivity contribution in [3.05, 3.63) is 50.2 Å². The lowest BCUT2D eigenvalue weighted by molar-refractivity contribution is -0.121. The molecule has 5 rings (SSSR count). The summed E-state index contributed by atoms with van der Waals surface area (Å²) in [7, 11) is 18.2. The van der Waals surface area contributed by atoms with Crippen LogP contribution in [0.5, 0.6) is 0 Å². The Kier molecular flexibility index (Phi) is 5.53. The SMILES string of the molecule is [B]C([B])([B])n1c(CC(=O)NC2CCOCC2)c2n(c1=S)C[C@@]1(c3cc(Br)ccc3F)C[C@@H]21. The molecule has 2 aliphatic heterocycles. The molecule has 2 aromatic rings. The third kappa shape index (κ3) is 3.64. The first-order valence-corrected chi connectivity index (χ1v) is 11.9. The second-order valence-corrected chi connectivity index (χ2v) is 10.4. The molecule has 1 aliphatic carbocycles. The molecule has 0 spiro atoms. The van der Waals surface area contributed by atoms with Crippen LogP contribution < -0.4 is 5.32 Å². The van der Waals surface area contributed by atoms with E-state index in [-0.39, 0.29) is 35.5 Å². The molecule has 1 aromatic carbocycles. The van der Waals surface area contributed by atoms with Crippen molar-refractivity contribution in [3.63, 3.8) is 0 Å². The highest BCUT2D eigenvalue weighted by molar-refractivity contribution is 9.10. The van der Waals surface area contributed by atoms with Crippen molar-refractivity contribution < 1.29 is 13.9 Å². The number of aromatic nitrogens is 2. The van der Waals surface area contributed by atoms with Crippen LogP contribution >= 0.6 is 28.1 Å². The molecule has 1 saturated heterocycles. The number of amides is 1. The number of nitrogens with zero attached hydrogens (tertiary/aromatic N) is 2. The molecule has 32 heavy (non-hydrogen) atoms. The minimum Gasteiger partial charge on any atom is -0.381 e. The number of nitrogens with one attached hydrogen (secondary N) is 1. The van der Waals surface area contributed by atoms with Crippen LogP contribution in [-0.2, 0) is 33.1 Å². The Balaban J connectivity index is 1.51. The lowest BCUT2D eigenvalue weighted by Gasteiger charge is -2.27. The summed E-state index contributed by atoms with van der Waals surface area (Å²) in [5.41, 5.74) is 1.75. The molecule has 1 aromatic heterocycles. The average molecular weight is 510 g/mol. The molecule has 11 heteroatoms. The van der Waals surface area contributed by atoms with E-state index in [1.54, 1.807) is 6.07 Å². The van der Waals surface area contributed by atoms with Crippen LogP contribution in [0.4, 0.5) is 4.39 Å². The molecule has 5 nitrogen and oxygen atoms in total. The van der Waals surface area contributed by atoms with Gasteiger partial charge in [-0.05, 0) is 55.2 Å². The van der Waals surface area contributed by atoms with Crippen molar-refractivity contribution in [2.75, 3.05) is 13.2 Å². The minimum atomic E-state index is -1.75. The molecule has 3 heterocycles. The number of imidazole rings is 1. The quantitative estimate of drug-likeness (QED) is 0.497. The minimum absolute atomic E-state index is 0.0162. The van der Waals surface area contributed by atoms with Crippen molar-refractivity contribution >= 4 is 57.6 Å². The van der Waals surface area contributed by atoms with E-state index in [0.717, 1.165) is 29.4 Å². The van der Waals surface area contributed by atoms with Crippen molar-refractivity contribution in [1.82, 2.24) is 14.5 Å². The van der Waals surface area contributed by atoms with Gasteiger partial charge in [-0.25, -0.2) is 4.39 Å². The molecule has 6 radical (unpaired) electrons. The summed E-state index contributed by atoms with van der Waals surface area (Å²) >= 11 is 9.12. The van der Waals surface area contributed by atoms with Crippen molar-refractivity contribution in [2.45, 2.75) is 54.8 Å². The first-order chi connectivity index (χ1) is 15.1. The maximum absolute atomic E-state index is 14.8. The Morgan fingerprint density at radius 3 is 2.75 bits per heavy atom. The zero-order valence-electron chi connectivity index (χ0n) is 17.4. The first-order valence-electron chi connectivity index (χ1n) is 10.7. The second kappa shape index (κ2) is 7.88. The summed E-state index contributed by atoms with van der Waals surface area (Å²) in [6.45, 7) is 1.75. The summed E-state index contributed by atoms with van der Waals surface area (Å²) in [4.78, 5) is 12.9. The lowest BCUT2D eigenvalue weighted by atomic mass is 9.49. The van der Waals surface area contributed by atoms with E-state index < -0.39 is 5.24 Å². The van der Waals surface area contributed by atoms with Crippen molar-refractivity contribution in [1.29, 1.82) is 0 Å². The third-order valence-electron chi connectivity index (χ3n) is 6.89. The largest absolute Gasteiger partial charge is 0.381 e. The van der Waals surface area contributed by atoms with E-state index in [1.165, 1.54) is 10.6 Å². The smallest absolute Gasteiger partial charge is 0.226 e. The van der Waals surface area contributed by atoms with Gasteiger partial charge in [0.05, 0.1) is 30.0 Å². The van der Waals surface area contributed by atoms with E-state index >= 15 is 0 Å². The molecule has 1 amide bonds. The second-order valence-electron chi connectivity index (χ2n) is 9.09. The Labute approximate surface area is 203 Å². The van der Waals surface area contributed by atoms with Crippen LogP contribution in [-0.4, -0.2) is 57.8 Å². The fourth-order valence-corrected chi connectivity index (χ4v) is 6.17. The molecule has 3 aliphatic rings. The maximum atomic E-state index is 14.8. The maximum Gasteiger partial charge on any atom is 0.226 e. The Morgan fingerprint density at radius 1 is 1.34 bits per heavy atom. The number of rotatable bonds is 5. The number of halogens is 2. The Bertz CT molecular complexity index is 1160. The Morgan fingerprint density at radius 2 is 2.06 bits per heavy atom. The average Bonchev–Trinajstić information content (AvgIpc) is 3.23. The van der Waals surface area contributed by atoms with Crippen LogP contribution in [0, 0.1) is 10.6 Å². The molecule has 0 bridgehead atoms. The fourth-order valence-electron chi connectivity index (χ4n) is 5.38. The van der Waals surface area contributed by atoms with E-state index in [2.05, 4.69) is 21.2 Å². The van der Waals surface area contributed by atoms with Crippen LogP contribution in [0.15, 0.2) is 22.7 Å². The van der Waals surface area contributed by atoms with Crippen LogP contribution in [0.25, 0.3) is 0 Å². The number of hydrogen-bond donors (Lipinski definition) is 1. The highest BCUT2D eigenvalue weighted by Crippen LogP contribution is 2.67. The molecule has 2 atom stereocenters. The summed E-state index contributed by atoms with van der Waals surface area (Å²) < 4.78 is 24.7. The van der Waals surface area contributed by atoms with E-state index in [1.807, 2.05) is 10.6 Å². The van der Waals surface area contributed by atoms with E-state index in [0.29, 0.717) is 35.8 Å². The van der Waals surface area contributed by atoms with Gasteiger partial charge in [-0.1, -0.05) is 21.2 Å². The van der Waals surface area contributed by atoms with Crippen molar-refractivity contribution in [3.8, 4) is 0 Å². The lowest BCUT2D eigenvalue weighted by Crippen LogP contribution is -2.41. The summed E-state index contributed by atoms with van der Waals surface area (Å²) in [5.74, 6) is -0.377. The van der Waals surface area contributed by atoms with Gasteiger partial charge in [-0.2, -0.15) is 0 Å². The third-order valence-corrected chi connectivity index (χ3v) is 7.79. The van der Waals surface area contributed by atoms with Gasteiger partial charge in [0.1, 0.15) is 5.82 Å². The van der Waals surface area contributed by atoms with Crippen molar-refractivity contribution in [2.24, 2.45) is 0 Å². The van der Waals surface area contributed by atoms with Gasteiger partial charge in [0.25, 0.3) is 0 Å². The normalized spacial score (nSPS) is 24.8. The van der Waals surface area contributed by atoms with Gasteiger partial charge < -0.3 is 19.2 Å². The summed E-state index contributed by atoms with van der Waals surface area (Å²) in [6.07, 6.45) is 2.35. The van der Waals surface area contributed by atoms with Gasteiger partial charge in [-0.3, -0.25) is 4.79 Å². The molecular formula is C21H20B3BrFN3O2S. The predicted octanol–water partition coefficient (Wildman–Crippen LogP) is 2.27. The Hall–Kier alpha value is -1.32. The van der Waals surface area contributed by atoms with Gasteiger partial charge in [-0.15, -0.1) is 0 Å². The number of fused-ring (bicyclic) bond motifs is 3. The van der Waals surface area contributed by atoms with Crippen LogP contribution in [0.3, 0.4) is 0 Å². The number of ether oxygens (including phenoxy) is 1. The van der Waals surface area contributed by atoms with E-state index in [9.17, 15) is 9.18 Å². The van der Waals surface area contributed by atoms with Gasteiger partial charge >= 0.3 is 0 Å². The van der Waals surface area contributed by atoms with Gasteiger partial charge in [0.2, 0.25) is 5.91 Å². The fraction of sp³-hybridized carbons (Fsp3) is 0.524. The van der Waals surface area contributed by atoms with E-state index in [4.69, 9.17) is 40.5 Å². The zero-order valence-corrected chi connectivity index (χ0v) is 19.8. The molecule has 1 N–H and O–H groups in total. The first kappa shape index (κ1) is 22.5. The number of carbonyl (C=O) groups is 1. The van der Waals surface area contributed by atoms with Gasteiger partial charge in [0.15, 0.2) is 4.77 Å². The number of carbonyl (C=O) groups excluding carboxylic acids is 1. The summed E-state index contributed by atoms with van der Waals surface area (Å²) in [6, 6.07) is 5.05. The monoisotopic (exact) mass is 509 g/mol. The molecule has 160 valence electrons. The van der Waals surface area contributed by atoms with Crippen LogP contribution in [0.2, 0.25) is 0 Å². The topological polar surface area (TPSA) is 48.2 Å². The highest BCUT2D eigenvalue weighted by atomic mass is 79.9. The number of hydrogen-bond acceptors (Lipinski definition) is 3. The standard InChI is InChI=1S/C21H20B3BrFN3O2S/c22-21(23,24)29-16(8-17(30)27-12-3-5-31-6-4-12)18-14-9-20(14,10-28(18)19(29)32)13-7-11(25)1-2-15(13)26/h1-2,7,12,14H,3-6,8-10H2,(H,27,30)/t14-,20+/m0/s1. The molecule has 1 saturated carbocycles. The summed E-state index contributed by atoms with van der Waals surface area (Å²) in [5, 5.41) is 1.32. The zero-order chi connectivity index (χ0) is 22.8. The number of benzene rings is 1. The molecular weight excluding hydrogens is 490 g/mol.